The maximum Gasteiger partial charge on any atom is 0.423 e. The van der Waals surface area contributed by atoms with Crippen molar-refractivity contribution in [1.29, 1.82) is 0 Å². The molecule has 0 N–H and O–H groups in total. The number of amides is 1. The molecule has 8 nitrogen and oxygen atoms in total. The number of sulfonamides is 1. The van der Waals surface area contributed by atoms with Crippen LogP contribution in [0.5, 0.6) is 5.75 Å². The normalized spacial score (nSPS) is 13.3. The van der Waals surface area contributed by atoms with Gasteiger partial charge in [0, 0.05) is 6.54 Å². The molecule has 0 aliphatic carbocycles. The first-order chi connectivity index (χ1) is 18.2. The van der Waals surface area contributed by atoms with Crippen molar-refractivity contribution in [3.8, 4) is 5.75 Å². The number of hydrogen-bond donors (Lipinski definition) is 0. The van der Waals surface area contributed by atoms with Gasteiger partial charge in [0.2, 0.25) is 0 Å². The molecule has 0 radical (unpaired) electrons. The van der Waals surface area contributed by atoms with Crippen LogP contribution in [0.25, 0.3) is 0 Å². The van der Waals surface area contributed by atoms with Crippen LogP contribution in [0.3, 0.4) is 0 Å². The van der Waals surface area contributed by atoms with Gasteiger partial charge in [0.25, 0.3) is 10.0 Å². The Kier molecular flexibility index (Phi) is 11.8. The molecular weight excluding hydrogens is 534 g/mol. The standard InChI is InChI=1S/C29H43NO7SSi/c1-23-12-18-27(19-13-23)38(32,33)30(28(31)35-6)20-10-9-11-26(37-39(7,8)29(2,3)4)22-36-21-24-14-16-25(34-5)17-15-24/h9,11-19,26H,10,20-22H2,1-8H3/b11-9+/t26-/m1/s1. The second-order valence-electron chi connectivity index (χ2n) is 10.9. The number of hydrogen-bond acceptors (Lipinski definition) is 7. The number of carbonyl (C=O) groups is 1. The van der Waals surface area contributed by atoms with Gasteiger partial charge in [-0.3, -0.25) is 0 Å². The van der Waals surface area contributed by atoms with E-state index in [1.165, 1.54) is 19.2 Å². The summed E-state index contributed by atoms with van der Waals surface area (Å²) in [5.41, 5.74) is 1.93. The van der Waals surface area contributed by atoms with Gasteiger partial charge in [-0.2, -0.15) is 0 Å². The second kappa shape index (κ2) is 14.1. The Hall–Kier alpha value is -2.66. The zero-order valence-electron chi connectivity index (χ0n) is 24.4. The van der Waals surface area contributed by atoms with E-state index in [2.05, 4.69) is 33.9 Å². The number of methoxy groups -OCH3 is 2. The lowest BCUT2D eigenvalue weighted by molar-refractivity contribution is 0.0549. The second-order valence-corrected chi connectivity index (χ2v) is 17.5. The molecule has 0 aromatic heterocycles. The van der Waals surface area contributed by atoms with Crippen molar-refractivity contribution < 1.29 is 31.8 Å². The Balaban J connectivity index is 2.13. The first-order valence-corrected chi connectivity index (χ1v) is 17.3. The Bertz CT molecular complexity index is 1190. The Morgan fingerprint density at radius 2 is 1.64 bits per heavy atom. The zero-order chi connectivity index (χ0) is 29.3. The van der Waals surface area contributed by atoms with Gasteiger partial charge in [-0.05, 0) is 61.3 Å². The molecule has 0 bridgehead atoms. The summed E-state index contributed by atoms with van der Waals surface area (Å²) in [5.74, 6) is 0.784. The largest absolute Gasteiger partial charge is 0.497 e. The van der Waals surface area contributed by atoms with Crippen LogP contribution >= 0.6 is 0 Å². The van der Waals surface area contributed by atoms with Crippen molar-refractivity contribution in [2.45, 2.75) is 69.9 Å². The van der Waals surface area contributed by atoms with Crippen LogP contribution in [-0.4, -0.2) is 60.6 Å². The van der Waals surface area contributed by atoms with E-state index in [0.717, 1.165) is 21.2 Å². The molecule has 2 rings (SSSR count). The van der Waals surface area contributed by atoms with E-state index >= 15 is 0 Å². The highest BCUT2D eigenvalue weighted by Gasteiger charge is 2.38. The highest BCUT2D eigenvalue weighted by molar-refractivity contribution is 7.89. The molecule has 0 spiro atoms. The molecule has 39 heavy (non-hydrogen) atoms. The summed E-state index contributed by atoms with van der Waals surface area (Å²) >= 11 is 0. The first kappa shape index (κ1) is 32.5. The van der Waals surface area contributed by atoms with Crippen molar-refractivity contribution in [3.05, 3.63) is 71.8 Å². The summed E-state index contributed by atoms with van der Waals surface area (Å²) in [6, 6.07) is 14.0. The SMILES string of the molecule is COC(=O)N(CC/C=C/[C@H](COCc1ccc(OC)cc1)O[Si](C)(C)C(C)(C)C)S(=O)(=O)c1ccc(C)cc1. The van der Waals surface area contributed by atoms with Gasteiger partial charge in [-0.1, -0.05) is 62.8 Å². The molecular formula is C29H43NO7SSi. The van der Waals surface area contributed by atoms with Gasteiger partial charge in [-0.25, -0.2) is 17.5 Å². The number of aryl methyl sites for hydroxylation is 1. The Morgan fingerprint density at radius 1 is 1.03 bits per heavy atom. The quantitative estimate of drug-likeness (QED) is 0.203. The Labute approximate surface area is 235 Å². The van der Waals surface area contributed by atoms with E-state index in [0.29, 0.717) is 13.2 Å². The summed E-state index contributed by atoms with van der Waals surface area (Å²) in [7, 11) is -3.39. The molecule has 0 aliphatic heterocycles. The van der Waals surface area contributed by atoms with E-state index in [4.69, 9.17) is 18.6 Å². The van der Waals surface area contributed by atoms with Crippen LogP contribution in [-0.2, 0) is 30.5 Å². The predicted octanol–water partition coefficient (Wildman–Crippen LogP) is 6.31. The molecule has 1 amide bonds. The maximum absolute atomic E-state index is 13.1. The van der Waals surface area contributed by atoms with Crippen molar-refractivity contribution in [1.82, 2.24) is 4.31 Å². The summed E-state index contributed by atoms with van der Waals surface area (Å²) in [6.45, 7) is 13.4. The molecule has 0 heterocycles. The van der Waals surface area contributed by atoms with E-state index < -0.39 is 24.4 Å². The highest BCUT2D eigenvalue weighted by atomic mass is 32.2. The molecule has 10 heteroatoms. The molecule has 216 valence electrons. The minimum Gasteiger partial charge on any atom is -0.497 e. The highest BCUT2D eigenvalue weighted by Crippen LogP contribution is 2.37. The van der Waals surface area contributed by atoms with E-state index in [-0.39, 0.29) is 29.0 Å². The molecule has 0 fully saturated rings. The van der Waals surface area contributed by atoms with Crippen molar-refractivity contribution in [3.63, 3.8) is 0 Å². The number of nitrogens with zero attached hydrogens (tertiary/aromatic N) is 1. The third-order valence-corrected chi connectivity index (χ3v) is 13.1. The molecule has 2 aromatic carbocycles. The molecule has 2 aromatic rings. The van der Waals surface area contributed by atoms with Crippen molar-refractivity contribution in [2.75, 3.05) is 27.4 Å². The van der Waals surface area contributed by atoms with Gasteiger partial charge in [0.1, 0.15) is 5.75 Å². The van der Waals surface area contributed by atoms with Crippen LogP contribution < -0.4 is 4.74 Å². The summed E-state index contributed by atoms with van der Waals surface area (Å²) in [6.07, 6.45) is 2.75. The lowest BCUT2D eigenvalue weighted by Crippen LogP contribution is -2.44. The third-order valence-electron chi connectivity index (χ3n) is 6.80. The van der Waals surface area contributed by atoms with E-state index in [9.17, 15) is 13.2 Å². The average Bonchev–Trinajstić information content (AvgIpc) is 2.87. The van der Waals surface area contributed by atoms with E-state index in [1.54, 1.807) is 19.2 Å². The van der Waals surface area contributed by atoms with Gasteiger partial charge in [0.05, 0.1) is 38.4 Å². The van der Waals surface area contributed by atoms with Gasteiger partial charge in [-0.15, -0.1) is 0 Å². The number of rotatable bonds is 13. The van der Waals surface area contributed by atoms with Crippen LogP contribution in [0.15, 0.2) is 65.6 Å². The number of ether oxygens (including phenoxy) is 3. The fourth-order valence-electron chi connectivity index (χ4n) is 3.39. The Morgan fingerprint density at radius 3 is 2.18 bits per heavy atom. The predicted molar refractivity (Wildman–Crippen MR) is 156 cm³/mol. The van der Waals surface area contributed by atoms with Crippen LogP contribution in [0.4, 0.5) is 4.79 Å². The number of carbonyl (C=O) groups excluding carboxylic acids is 1. The number of benzene rings is 2. The average molecular weight is 578 g/mol. The smallest absolute Gasteiger partial charge is 0.423 e. The van der Waals surface area contributed by atoms with Gasteiger partial charge in [0.15, 0.2) is 8.32 Å². The third kappa shape index (κ3) is 9.49. The summed E-state index contributed by atoms with van der Waals surface area (Å²) < 4.78 is 49.6. The molecule has 0 saturated carbocycles. The van der Waals surface area contributed by atoms with Crippen LogP contribution in [0, 0.1) is 6.92 Å². The topological polar surface area (TPSA) is 91.4 Å². The minimum atomic E-state index is -4.06. The van der Waals surface area contributed by atoms with Crippen LogP contribution in [0.2, 0.25) is 18.1 Å². The lowest BCUT2D eigenvalue weighted by atomic mass is 10.2. The van der Waals surface area contributed by atoms with Gasteiger partial charge >= 0.3 is 6.09 Å². The van der Waals surface area contributed by atoms with E-state index in [1.807, 2.05) is 43.3 Å². The van der Waals surface area contributed by atoms with Crippen LogP contribution in [0.1, 0.15) is 38.3 Å². The first-order valence-electron chi connectivity index (χ1n) is 12.9. The molecule has 0 unspecified atom stereocenters. The minimum absolute atomic E-state index is 0.00112. The fraction of sp³-hybridized carbons (Fsp3) is 0.483. The van der Waals surface area contributed by atoms with Crippen molar-refractivity contribution >= 4 is 24.4 Å². The van der Waals surface area contributed by atoms with Gasteiger partial charge < -0.3 is 18.6 Å². The maximum atomic E-state index is 13.1. The molecule has 1 atom stereocenters. The zero-order valence-corrected chi connectivity index (χ0v) is 26.2. The summed E-state index contributed by atoms with van der Waals surface area (Å²) in [4.78, 5) is 12.4. The van der Waals surface area contributed by atoms with Crippen molar-refractivity contribution in [2.24, 2.45) is 0 Å². The molecule has 0 saturated heterocycles. The summed E-state index contributed by atoms with van der Waals surface area (Å²) in [5, 5.41) is -0.00112. The monoisotopic (exact) mass is 577 g/mol. The lowest BCUT2D eigenvalue weighted by Gasteiger charge is -2.38. The molecule has 0 aliphatic rings. The fourth-order valence-corrected chi connectivity index (χ4v) is 6.00.